The van der Waals surface area contributed by atoms with Crippen molar-refractivity contribution in [2.24, 2.45) is 0 Å². The third-order valence-electron chi connectivity index (χ3n) is 3.88. The number of methoxy groups -OCH3 is 2. The normalized spacial score (nSPS) is 19.8. The van der Waals surface area contributed by atoms with E-state index in [1.165, 1.54) is 12.8 Å². The zero-order valence-corrected chi connectivity index (χ0v) is 12.8. The monoisotopic (exact) mass is 281 g/mol. The molecule has 1 aliphatic heterocycles. The van der Waals surface area contributed by atoms with Crippen LogP contribution in [0.4, 0.5) is 4.39 Å². The zero-order chi connectivity index (χ0) is 14.8. The Balaban J connectivity index is 2.50. The fraction of sp³-hybridized carbons (Fsp3) is 0.625. The Hall–Kier alpha value is -1.29. The molecule has 0 spiro atoms. The highest BCUT2D eigenvalue weighted by Gasteiger charge is 2.27. The van der Waals surface area contributed by atoms with E-state index in [0.29, 0.717) is 17.1 Å². The van der Waals surface area contributed by atoms with E-state index in [4.69, 9.17) is 9.47 Å². The molecule has 0 aromatic heterocycles. The maximum Gasteiger partial charge on any atom is 0.165 e. The highest BCUT2D eigenvalue weighted by molar-refractivity contribution is 5.52. The van der Waals surface area contributed by atoms with Gasteiger partial charge < -0.3 is 14.8 Å². The average Bonchev–Trinajstić information content (AvgIpc) is 2.45. The maximum atomic E-state index is 14.3. The Morgan fingerprint density at radius 2 is 1.95 bits per heavy atom. The Labute approximate surface area is 120 Å². The van der Waals surface area contributed by atoms with Crippen molar-refractivity contribution in [2.75, 3.05) is 20.8 Å². The van der Waals surface area contributed by atoms with Gasteiger partial charge in [0.2, 0.25) is 0 Å². The summed E-state index contributed by atoms with van der Waals surface area (Å²) in [4.78, 5) is 0. The predicted octanol–water partition coefficient (Wildman–Crippen LogP) is 3.72. The molecule has 1 fully saturated rings. The number of halogens is 1. The van der Waals surface area contributed by atoms with E-state index in [-0.39, 0.29) is 6.04 Å². The third-order valence-corrected chi connectivity index (χ3v) is 3.88. The zero-order valence-electron chi connectivity index (χ0n) is 12.8. The van der Waals surface area contributed by atoms with Crippen molar-refractivity contribution < 1.29 is 13.9 Å². The Morgan fingerprint density at radius 3 is 2.45 bits per heavy atom. The highest BCUT2D eigenvalue weighted by atomic mass is 19.1. The summed E-state index contributed by atoms with van der Waals surface area (Å²) in [5, 5.41) is 3.48. The molecule has 20 heavy (non-hydrogen) atoms. The molecule has 0 saturated carbocycles. The van der Waals surface area contributed by atoms with E-state index in [1.54, 1.807) is 34.1 Å². The second-order valence-electron chi connectivity index (χ2n) is 5.78. The van der Waals surface area contributed by atoms with E-state index in [0.717, 1.165) is 18.5 Å². The molecule has 1 aliphatic rings. The summed E-state index contributed by atoms with van der Waals surface area (Å²) in [5.41, 5.74) is 0.216. The molecule has 0 radical (unpaired) electrons. The molecule has 0 aliphatic carbocycles. The van der Waals surface area contributed by atoms with Crippen molar-refractivity contribution in [1.82, 2.24) is 5.32 Å². The Bertz CT molecular complexity index is 462. The number of hydrogen-bond donors (Lipinski definition) is 1. The molecule has 1 unspecified atom stereocenters. The molecule has 0 bridgehead atoms. The van der Waals surface area contributed by atoms with Gasteiger partial charge in [-0.2, -0.15) is 0 Å². The fourth-order valence-electron chi connectivity index (χ4n) is 2.71. The summed E-state index contributed by atoms with van der Waals surface area (Å²) in [6.07, 6.45) is 3.40. The number of piperidine rings is 1. The molecule has 1 N–H and O–H groups in total. The van der Waals surface area contributed by atoms with Gasteiger partial charge in [-0.25, -0.2) is 4.39 Å². The van der Waals surface area contributed by atoms with Crippen molar-refractivity contribution in [2.45, 2.75) is 44.8 Å². The van der Waals surface area contributed by atoms with Gasteiger partial charge in [0.05, 0.1) is 14.2 Å². The van der Waals surface area contributed by atoms with Crippen molar-refractivity contribution in [1.29, 1.82) is 0 Å². The molecule has 1 aromatic carbocycles. The molecule has 0 amide bonds. The number of hydrogen-bond acceptors (Lipinski definition) is 3. The first kappa shape index (κ1) is 15.1. The third kappa shape index (κ3) is 3.06. The lowest BCUT2D eigenvalue weighted by molar-refractivity contribution is 0.219. The number of benzene rings is 1. The van der Waals surface area contributed by atoms with Crippen LogP contribution in [0.5, 0.6) is 11.5 Å². The van der Waals surface area contributed by atoms with Gasteiger partial charge in [0.15, 0.2) is 11.5 Å². The molecular formula is C16H24FNO2. The van der Waals surface area contributed by atoms with Gasteiger partial charge in [0.25, 0.3) is 0 Å². The summed E-state index contributed by atoms with van der Waals surface area (Å²) >= 11 is 0. The van der Waals surface area contributed by atoms with Crippen molar-refractivity contribution in [3.8, 4) is 11.5 Å². The molecule has 1 heterocycles. The topological polar surface area (TPSA) is 30.5 Å². The largest absolute Gasteiger partial charge is 0.493 e. The van der Waals surface area contributed by atoms with E-state index in [1.807, 2.05) is 6.07 Å². The Morgan fingerprint density at radius 1 is 1.20 bits per heavy atom. The van der Waals surface area contributed by atoms with Gasteiger partial charge in [-0.1, -0.05) is 6.42 Å². The minimum atomic E-state index is -1.40. The van der Waals surface area contributed by atoms with Crippen molar-refractivity contribution in [3.05, 3.63) is 23.3 Å². The quantitative estimate of drug-likeness (QED) is 0.912. The number of nitrogens with one attached hydrogen (secondary N) is 1. The van der Waals surface area contributed by atoms with E-state index < -0.39 is 5.67 Å². The standard InChI is InChI=1S/C16H24FNO2/c1-16(2,17)11-9-12(13-7-5-6-8-18-13)15(20-4)14(10-11)19-3/h9-10,13,18H,5-8H2,1-4H3. The van der Waals surface area contributed by atoms with Gasteiger partial charge in [-0.05, 0) is 50.9 Å². The Kier molecular flexibility index (Phi) is 4.53. The lowest BCUT2D eigenvalue weighted by Crippen LogP contribution is -2.27. The minimum Gasteiger partial charge on any atom is -0.493 e. The van der Waals surface area contributed by atoms with Crippen LogP contribution in [-0.4, -0.2) is 20.8 Å². The maximum absolute atomic E-state index is 14.3. The van der Waals surface area contributed by atoms with Gasteiger partial charge in [0.1, 0.15) is 5.67 Å². The highest BCUT2D eigenvalue weighted by Crippen LogP contribution is 2.41. The van der Waals surface area contributed by atoms with Crippen molar-refractivity contribution >= 4 is 0 Å². The van der Waals surface area contributed by atoms with E-state index >= 15 is 0 Å². The number of rotatable bonds is 4. The van der Waals surface area contributed by atoms with Gasteiger partial charge in [-0.15, -0.1) is 0 Å². The summed E-state index contributed by atoms with van der Waals surface area (Å²) in [6.45, 7) is 4.11. The van der Waals surface area contributed by atoms with Crippen LogP contribution < -0.4 is 14.8 Å². The van der Waals surface area contributed by atoms with E-state index in [9.17, 15) is 4.39 Å². The van der Waals surface area contributed by atoms with Crippen molar-refractivity contribution in [3.63, 3.8) is 0 Å². The smallest absolute Gasteiger partial charge is 0.165 e. The first-order chi connectivity index (χ1) is 9.47. The van der Waals surface area contributed by atoms with Crippen LogP contribution in [0.15, 0.2) is 12.1 Å². The second-order valence-corrected chi connectivity index (χ2v) is 5.78. The van der Waals surface area contributed by atoms with Crippen LogP contribution >= 0.6 is 0 Å². The molecule has 1 aromatic rings. The van der Waals surface area contributed by atoms with Gasteiger partial charge in [0, 0.05) is 11.6 Å². The number of alkyl halides is 1. The van der Waals surface area contributed by atoms with Crippen LogP contribution in [-0.2, 0) is 5.67 Å². The van der Waals surface area contributed by atoms with Crippen LogP contribution in [0.2, 0.25) is 0 Å². The van der Waals surface area contributed by atoms with Crippen LogP contribution in [0.3, 0.4) is 0 Å². The lowest BCUT2D eigenvalue weighted by Gasteiger charge is -2.28. The lowest BCUT2D eigenvalue weighted by atomic mass is 9.91. The van der Waals surface area contributed by atoms with E-state index in [2.05, 4.69) is 5.32 Å². The predicted molar refractivity (Wildman–Crippen MR) is 78.3 cm³/mol. The van der Waals surface area contributed by atoms with Crippen LogP contribution in [0.25, 0.3) is 0 Å². The first-order valence-electron chi connectivity index (χ1n) is 7.16. The minimum absolute atomic E-state index is 0.204. The molecule has 3 nitrogen and oxygen atoms in total. The summed E-state index contributed by atoms with van der Waals surface area (Å²) in [7, 11) is 3.22. The fourth-order valence-corrected chi connectivity index (χ4v) is 2.71. The molecule has 2 rings (SSSR count). The number of ether oxygens (including phenoxy) is 2. The molecule has 1 saturated heterocycles. The summed E-state index contributed by atoms with van der Waals surface area (Å²) in [5.74, 6) is 1.30. The van der Waals surface area contributed by atoms with Gasteiger partial charge in [-0.3, -0.25) is 0 Å². The molecule has 4 heteroatoms. The van der Waals surface area contributed by atoms with Crippen LogP contribution in [0.1, 0.15) is 50.3 Å². The SMILES string of the molecule is COc1cc(C(C)(C)F)cc(C2CCCCN2)c1OC. The first-order valence-corrected chi connectivity index (χ1v) is 7.16. The molecular weight excluding hydrogens is 257 g/mol. The second kappa shape index (κ2) is 6.00. The summed E-state index contributed by atoms with van der Waals surface area (Å²) in [6, 6.07) is 3.84. The molecule has 1 atom stereocenters. The molecule has 112 valence electrons. The van der Waals surface area contributed by atoms with Crippen LogP contribution in [0, 0.1) is 0 Å². The summed E-state index contributed by atoms with van der Waals surface area (Å²) < 4.78 is 25.2. The van der Waals surface area contributed by atoms with Gasteiger partial charge >= 0.3 is 0 Å². The average molecular weight is 281 g/mol.